The van der Waals surface area contributed by atoms with Crippen LogP contribution in [0.5, 0.6) is 0 Å². The Bertz CT molecular complexity index is 528. The van der Waals surface area contributed by atoms with E-state index in [9.17, 15) is 10.1 Å². The number of nitriles is 1. The third kappa shape index (κ3) is 3.78. The van der Waals surface area contributed by atoms with Crippen molar-refractivity contribution in [1.29, 1.82) is 5.26 Å². The SMILES string of the molecule is N#CC1(NC(=O)CNc2cc(Cl)cc(Cl)c2)CCCC1. The zero-order chi connectivity index (χ0) is 14.6. The minimum Gasteiger partial charge on any atom is -0.376 e. The van der Waals surface area contributed by atoms with Crippen LogP contribution in [0.1, 0.15) is 25.7 Å². The molecule has 2 N–H and O–H groups in total. The first kappa shape index (κ1) is 15.0. The number of nitrogens with one attached hydrogen (secondary N) is 2. The first-order valence-electron chi connectivity index (χ1n) is 6.45. The summed E-state index contributed by atoms with van der Waals surface area (Å²) in [5.41, 5.74) is -0.0137. The molecule has 1 aromatic carbocycles. The molecule has 20 heavy (non-hydrogen) atoms. The Morgan fingerprint density at radius 2 is 1.85 bits per heavy atom. The van der Waals surface area contributed by atoms with Gasteiger partial charge in [-0.25, -0.2) is 0 Å². The van der Waals surface area contributed by atoms with Crippen LogP contribution in [0.25, 0.3) is 0 Å². The molecule has 0 atom stereocenters. The quantitative estimate of drug-likeness (QED) is 0.896. The van der Waals surface area contributed by atoms with Crippen LogP contribution in [-0.2, 0) is 4.79 Å². The van der Waals surface area contributed by atoms with Crippen LogP contribution in [0, 0.1) is 11.3 Å². The molecule has 1 fully saturated rings. The molecule has 4 nitrogen and oxygen atoms in total. The number of nitrogens with zero attached hydrogens (tertiary/aromatic N) is 1. The molecule has 6 heteroatoms. The number of hydrogen-bond acceptors (Lipinski definition) is 3. The number of anilines is 1. The molecule has 0 aromatic heterocycles. The minimum absolute atomic E-state index is 0.0834. The molecule has 0 spiro atoms. The van der Waals surface area contributed by atoms with Crippen LogP contribution in [0.3, 0.4) is 0 Å². The maximum atomic E-state index is 11.9. The predicted octanol–water partition coefficient (Wildman–Crippen LogP) is 3.36. The van der Waals surface area contributed by atoms with Crippen LogP contribution in [0.15, 0.2) is 18.2 Å². The number of rotatable bonds is 4. The van der Waals surface area contributed by atoms with Gasteiger partial charge < -0.3 is 10.6 Å². The van der Waals surface area contributed by atoms with Gasteiger partial charge in [0.2, 0.25) is 5.91 Å². The summed E-state index contributed by atoms with van der Waals surface area (Å²) in [4.78, 5) is 11.9. The zero-order valence-corrected chi connectivity index (χ0v) is 12.4. The summed E-state index contributed by atoms with van der Waals surface area (Å²) in [6.45, 7) is 0.0834. The monoisotopic (exact) mass is 311 g/mol. The number of carbonyl (C=O) groups is 1. The molecular weight excluding hydrogens is 297 g/mol. The van der Waals surface area contributed by atoms with E-state index in [1.54, 1.807) is 18.2 Å². The van der Waals surface area contributed by atoms with Crippen molar-refractivity contribution in [3.8, 4) is 6.07 Å². The molecule has 0 saturated heterocycles. The number of hydrogen-bond donors (Lipinski definition) is 2. The van der Waals surface area contributed by atoms with Gasteiger partial charge in [-0.3, -0.25) is 4.79 Å². The van der Waals surface area contributed by atoms with Gasteiger partial charge in [0, 0.05) is 15.7 Å². The lowest BCUT2D eigenvalue weighted by atomic mass is 10.00. The fraction of sp³-hybridized carbons (Fsp3) is 0.429. The first-order chi connectivity index (χ1) is 9.53. The topological polar surface area (TPSA) is 64.9 Å². The van der Waals surface area contributed by atoms with Crippen LogP contribution in [-0.4, -0.2) is 18.0 Å². The summed E-state index contributed by atoms with van der Waals surface area (Å²) in [6.07, 6.45) is 3.40. The summed E-state index contributed by atoms with van der Waals surface area (Å²) < 4.78 is 0. The molecule has 106 valence electrons. The molecule has 0 heterocycles. The molecular formula is C14H15Cl2N3O. The van der Waals surface area contributed by atoms with E-state index in [1.165, 1.54) is 0 Å². The van der Waals surface area contributed by atoms with Crippen molar-refractivity contribution in [1.82, 2.24) is 5.32 Å². The summed E-state index contributed by atoms with van der Waals surface area (Å²) in [7, 11) is 0. The van der Waals surface area contributed by atoms with Gasteiger partial charge in [-0.2, -0.15) is 5.26 Å². The fourth-order valence-electron chi connectivity index (χ4n) is 2.39. The second-order valence-electron chi connectivity index (χ2n) is 4.96. The third-order valence-electron chi connectivity index (χ3n) is 3.37. The van der Waals surface area contributed by atoms with Crippen molar-refractivity contribution in [2.24, 2.45) is 0 Å². The van der Waals surface area contributed by atoms with Gasteiger partial charge in [0.1, 0.15) is 5.54 Å². The largest absolute Gasteiger partial charge is 0.376 e. The van der Waals surface area contributed by atoms with Crippen LogP contribution < -0.4 is 10.6 Å². The first-order valence-corrected chi connectivity index (χ1v) is 7.21. The van der Waals surface area contributed by atoms with Crippen molar-refractivity contribution < 1.29 is 4.79 Å². The summed E-state index contributed by atoms with van der Waals surface area (Å²) >= 11 is 11.8. The molecule has 1 aliphatic rings. The van der Waals surface area contributed by atoms with Gasteiger partial charge in [-0.05, 0) is 43.9 Å². The lowest BCUT2D eigenvalue weighted by molar-refractivity contribution is -0.120. The second-order valence-corrected chi connectivity index (χ2v) is 5.83. The Balaban J connectivity index is 1.90. The molecule has 1 aliphatic carbocycles. The Hall–Kier alpha value is -1.44. The Labute approximate surface area is 128 Å². The van der Waals surface area contributed by atoms with E-state index in [0.29, 0.717) is 15.7 Å². The zero-order valence-electron chi connectivity index (χ0n) is 10.9. The highest BCUT2D eigenvalue weighted by Gasteiger charge is 2.35. The Kier molecular flexibility index (Phi) is 4.74. The highest BCUT2D eigenvalue weighted by molar-refractivity contribution is 6.35. The number of carbonyl (C=O) groups excluding carboxylic acids is 1. The van der Waals surface area contributed by atoms with Gasteiger partial charge in [-0.15, -0.1) is 0 Å². The minimum atomic E-state index is -0.690. The molecule has 0 aliphatic heterocycles. The van der Waals surface area contributed by atoms with Crippen LogP contribution in [0.4, 0.5) is 5.69 Å². The molecule has 1 amide bonds. The number of halogens is 2. The normalized spacial score (nSPS) is 16.4. The number of amides is 1. The maximum absolute atomic E-state index is 11.9. The highest BCUT2D eigenvalue weighted by atomic mass is 35.5. The lowest BCUT2D eigenvalue weighted by Gasteiger charge is -2.22. The fourth-order valence-corrected chi connectivity index (χ4v) is 2.92. The molecule has 0 unspecified atom stereocenters. The summed E-state index contributed by atoms with van der Waals surface area (Å²) in [6, 6.07) is 7.23. The van der Waals surface area contributed by atoms with Crippen LogP contribution >= 0.6 is 23.2 Å². The van der Waals surface area contributed by atoms with E-state index in [0.717, 1.165) is 25.7 Å². The molecule has 1 aromatic rings. The maximum Gasteiger partial charge on any atom is 0.240 e. The second kappa shape index (κ2) is 6.34. The van der Waals surface area contributed by atoms with E-state index in [-0.39, 0.29) is 12.5 Å². The summed E-state index contributed by atoms with van der Waals surface area (Å²) in [5.74, 6) is -0.204. The predicted molar refractivity (Wildman–Crippen MR) is 79.9 cm³/mol. The standard InChI is InChI=1S/C14H15Cl2N3O/c15-10-5-11(16)7-12(6-10)18-8-13(20)19-14(9-17)3-1-2-4-14/h5-7,18H,1-4,8H2,(H,19,20). The molecule has 2 rings (SSSR count). The summed E-state index contributed by atoms with van der Waals surface area (Å²) in [5, 5.41) is 16.0. The van der Waals surface area contributed by atoms with E-state index in [4.69, 9.17) is 23.2 Å². The van der Waals surface area contributed by atoms with Gasteiger partial charge in [0.15, 0.2) is 0 Å². The van der Waals surface area contributed by atoms with Gasteiger partial charge >= 0.3 is 0 Å². The van der Waals surface area contributed by atoms with Crippen LogP contribution in [0.2, 0.25) is 10.0 Å². The molecule has 0 bridgehead atoms. The Morgan fingerprint density at radius 1 is 1.25 bits per heavy atom. The van der Waals surface area contributed by atoms with E-state index >= 15 is 0 Å². The average Bonchev–Trinajstić information content (AvgIpc) is 2.84. The smallest absolute Gasteiger partial charge is 0.240 e. The van der Waals surface area contributed by atoms with Crippen molar-refractivity contribution in [3.63, 3.8) is 0 Å². The molecule has 0 radical (unpaired) electrons. The number of benzene rings is 1. The third-order valence-corrected chi connectivity index (χ3v) is 3.80. The average molecular weight is 312 g/mol. The van der Waals surface area contributed by atoms with Gasteiger partial charge in [0.25, 0.3) is 0 Å². The van der Waals surface area contributed by atoms with Crippen molar-refractivity contribution in [2.75, 3.05) is 11.9 Å². The Morgan fingerprint density at radius 3 is 2.40 bits per heavy atom. The van der Waals surface area contributed by atoms with E-state index in [2.05, 4.69) is 16.7 Å². The molecule has 1 saturated carbocycles. The van der Waals surface area contributed by atoms with Crippen molar-refractivity contribution in [3.05, 3.63) is 28.2 Å². The van der Waals surface area contributed by atoms with E-state index < -0.39 is 5.54 Å². The van der Waals surface area contributed by atoms with Gasteiger partial charge in [0.05, 0.1) is 12.6 Å². The van der Waals surface area contributed by atoms with Crippen molar-refractivity contribution >= 4 is 34.8 Å². The lowest BCUT2D eigenvalue weighted by Crippen LogP contribution is -2.47. The van der Waals surface area contributed by atoms with Crippen molar-refractivity contribution in [2.45, 2.75) is 31.2 Å². The van der Waals surface area contributed by atoms with Gasteiger partial charge in [-0.1, -0.05) is 23.2 Å². The van der Waals surface area contributed by atoms with E-state index in [1.807, 2.05) is 0 Å². The highest BCUT2D eigenvalue weighted by Crippen LogP contribution is 2.28.